The summed E-state index contributed by atoms with van der Waals surface area (Å²) in [7, 11) is 1.44. The Morgan fingerprint density at radius 3 is 2.57 bits per heavy atom. The average Bonchev–Trinajstić information content (AvgIpc) is 2.46. The molecular weight excluding hydrogens is 318 g/mol. The molecule has 0 saturated heterocycles. The van der Waals surface area contributed by atoms with Crippen LogP contribution in [0.4, 0.5) is 4.39 Å². The van der Waals surface area contributed by atoms with Gasteiger partial charge in [-0.25, -0.2) is 4.39 Å². The summed E-state index contributed by atoms with van der Waals surface area (Å²) in [5, 5.41) is 0.546. The van der Waals surface area contributed by atoms with Crippen LogP contribution < -0.4 is 9.47 Å². The minimum Gasteiger partial charge on any atom is -0.493 e. The van der Waals surface area contributed by atoms with Crippen LogP contribution in [0.5, 0.6) is 11.5 Å². The third-order valence-corrected chi connectivity index (χ3v) is 3.37. The van der Waals surface area contributed by atoms with Gasteiger partial charge in [0.05, 0.1) is 12.1 Å². The highest BCUT2D eigenvalue weighted by Gasteiger charge is 2.11. The third kappa shape index (κ3) is 3.65. The van der Waals surface area contributed by atoms with Gasteiger partial charge in [0.1, 0.15) is 12.4 Å². The lowest BCUT2D eigenvalue weighted by atomic mass is 10.2. The molecule has 0 aromatic heterocycles. The molecule has 0 saturated carbocycles. The molecule has 0 atom stereocenters. The molecule has 0 bridgehead atoms. The lowest BCUT2D eigenvalue weighted by Gasteiger charge is -2.12. The Labute approximate surface area is 131 Å². The minimum atomic E-state index is -0.461. The fraction of sp³-hybridized carbons (Fsp3) is 0.133. The van der Waals surface area contributed by atoms with Crippen molar-refractivity contribution in [1.29, 1.82) is 0 Å². The predicted octanol–water partition coefficient (Wildman–Crippen LogP) is 4.53. The molecule has 2 rings (SSSR count). The van der Waals surface area contributed by atoms with E-state index in [-0.39, 0.29) is 11.6 Å². The monoisotopic (exact) mass is 328 g/mol. The number of carbonyl (C=O) groups excluding carboxylic acids is 1. The lowest BCUT2D eigenvalue weighted by Crippen LogP contribution is -2.01. The highest BCUT2D eigenvalue weighted by Crippen LogP contribution is 2.33. The van der Waals surface area contributed by atoms with E-state index >= 15 is 0 Å². The zero-order valence-corrected chi connectivity index (χ0v) is 12.5. The van der Waals surface area contributed by atoms with Crippen LogP contribution in [0.15, 0.2) is 30.3 Å². The first-order valence-corrected chi connectivity index (χ1v) is 6.70. The summed E-state index contributed by atoms with van der Waals surface area (Å²) in [4.78, 5) is 10.8. The third-order valence-electron chi connectivity index (χ3n) is 2.81. The molecule has 0 heterocycles. The zero-order valence-electron chi connectivity index (χ0n) is 11.0. The number of halogens is 3. The Morgan fingerprint density at radius 2 is 1.95 bits per heavy atom. The van der Waals surface area contributed by atoms with Crippen molar-refractivity contribution in [3.63, 3.8) is 0 Å². The Morgan fingerprint density at radius 1 is 1.19 bits per heavy atom. The molecule has 0 radical (unpaired) electrons. The number of benzene rings is 2. The van der Waals surface area contributed by atoms with E-state index < -0.39 is 5.82 Å². The number of carbonyl (C=O) groups is 1. The second kappa shape index (κ2) is 6.78. The van der Waals surface area contributed by atoms with Crippen molar-refractivity contribution in [3.05, 3.63) is 57.3 Å². The molecule has 0 spiro atoms. The maximum atomic E-state index is 13.7. The van der Waals surface area contributed by atoms with Gasteiger partial charge in [-0.3, -0.25) is 4.79 Å². The Balaban J connectivity index is 2.23. The molecule has 0 aliphatic rings. The van der Waals surface area contributed by atoms with E-state index in [0.717, 1.165) is 0 Å². The highest BCUT2D eigenvalue weighted by molar-refractivity contribution is 6.33. The van der Waals surface area contributed by atoms with Gasteiger partial charge in [0.25, 0.3) is 0 Å². The molecule has 0 aliphatic heterocycles. The van der Waals surface area contributed by atoms with E-state index in [1.54, 1.807) is 6.07 Å². The first-order valence-electron chi connectivity index (χ1n) is 5.94. The maximum absolute atomic E-state index is 13.7. The number of ether oxygens (including phenoxy) is 2. The van der Waals surface area contributed by atoms with Gasteiger partial charge in [0.2, 0.25) is 0 Å². The van der Waals surface area contributed by atoms with Gasteiger partial charge < -0.3 is 9.47 Å². The number of aldehydes is 1. The van der Waals surface area contributed by atoms with Crippen molar-refractivity contribution >= 4 is 29.5 Å². The summed E-state index contributed by atoms with van der Waals surface area (Å²) in [5.41, 5.74) is 0.635. The lowest BCUT2D eigenvalue weighted by molar-refractivity contribution is 0.112. The molecule has 6 heteroatoms. The van der Waals surface area contributed by atoms with Crippen LogP contribution in [-0.4, -0.2) is 13.4 Å². The molecule has 0 fully saturated rings. The Bertz CT molecular complexity index is 674. The summed E-state index contributed by atoms with van der Waals surface area (Å²) in [6.45, 7) is -0.0177. The normalized spacial score (nSPS) is 10.3. The fourth-order valence-corrected chi connectivity index (χ4v) is 2.06. The average molecular weight is 329 g/mol. The van der Waals surface area contributed by atoms with Crippen molar-refractivity contribution in [1.82, 2.24) is 0 Å². The smallest absolute Gasteiger partial charge is 0.163 e. The molecule has 21 heavy (non-hydrogen) atoms. The summed E-state index contributed by atoms with van der Waals surface area (Å²) >= 11 is 11.6. The standard InChI is InChI=1S/C15H11Cl2FO3/c1-20-14-4-10(7-19)12(17)6-15(14)21-8-9-2-3-11(16)5-13(9)18/h2-7H,8H2,1H3. The van der Waals surface area contributed by atoms with Crippen molar-refractivity contribution in [2.24, 2.45) is 0 Å². The molecule has 2 aromatic carbocycles. The highest BCUT2D eigenvalue weighted by atomic mass is 35.5. The van der Waals surface area contributed by atoms with Crippen LogP contribution in [-0.2, 0) is 6.61 Å². The van der Waals surface area contributed by atoms with Gasteiger partial charge >= 0.3 is 0 Å². The Hall–Kier alpha value is -1.78. The minimum absolute atomic E-state index is 0.0177. The molecule has 0 amide bonds. The molecular formula is C15H11Cl2FO3. The summed E-state index contributed by atoms with van der Waals surface area (Å²) in [6.07, 6.45) is 0.619. The van der Waals surface area contributed by atoms with Crippen molar-refractivity contribution in [2.75, 3.05) is 7.11 Å². The first-order chi connectivity index (χ1) is 10.0. The van der Waals surface area contributed by atoms with Crippen LogP contribution in [0.2, 0.25) is 10.0 Å². The van der Waals surface area contributed by atoms with Crippen molar-refractivity contribution < 1.29 is 18.7 Å². The van der Waals surface area contributed by atoms with Gasteiger partial charge in [-0.2, -0.15) is 0 Å². The maximum Gasteiger partial charge on any atom is 0.163 e. The molecule has 0 unspecified atom stereocenters. The second-order valence-corrected chi connectivity index (χ2v) is 5.01. The fourth-order valence-electron chi connectivity index (χ4n) is 1.71. The molecule has 3 nitrogen and oxygen atoms in total. The number of hydrogen-bond donors (Lipinski definition) is 0. The summed E-state index contributed by atoms with van der Waals surface area (Å²) in [6, 6.07) is 7.23. The SMILES string of the molecule is COc1cc(C=O)c(Cl)cc1OCc1ccc(Cl)cc1F. The summed E-state index contributed by atoms with van der Waals surface area (Å²) < 4.78 is 24.3. The van der Waals surface area contributed by atoms with E-state index in [2.05, 4.69) is 0 Å². The van der Waals surface area contributed by atoms with Crippen LogP contribution in [0.25, 0.3) is 0 Å². The quantitative estimate of drug-likeness (QED) is 0.756. The Kier molecular flexibility index (Phi) is 5.04. The van der Waals surface area contributed by atoms with Gasteiger partial charge in [-0.05, 0) is 18.2 Å². The summed E-state index contributed by atoms with van der Waals surface area (Å²) in [5.74, 6) is 0.204. The first kappa shape index (κ1) is 15.6. The van der Waals surface area contributed by atoms with Crippen LogP contribution >= 0.6 is 23.2 Å². The number of methoxy groups -OCH3 is 1. The predicted molar refractivity (Wildman–Crippen MR) is 79.1 cm³/mol. The topological polar surface area (TPSA) is 35.5 Å². The van der Waals surface area contributed by atoms with E-state index in [1.165, 1.54) is 31.4 Å². The molecule has 2 aromatic rings. The molecule has 0 aliphatic carbocycles. The number of hydrogen-bond acceptors (Lipinski definition) is 3. The van der Waals surface area contributed by atoms with Gasteiger partial charge in [-0.15, -0.1) is 0 Å². The van der Waals surface area contributed by atoms with E-state index in [4.69, 9.17) is 32.7 Å². The van der Waals surface area contributed by atoms with Crippen molar-refractivity contribution in [2.45, 2.75) is 6.61 Å². The second-order valence-electron chi connectivity index (χ2n) is 4.17. The van der Waals surface area contributed by atoms with Crippen LogP contribution in [0.1, 0.15) is 15.9 Å². The van der Waals surface area contributed by atoms with E-state index in [0.29, 0.717) is 33.9 Å². The van der Waals surface area contributed by atoms with Gasteiger partial charge in [0, 0.05) is 22.2 Å². The van der Waals surface area contributed by atoms with E-state index in [9.17, 15) is 9.18 Å². The van der Waals surface area contributed by atoms with Crippen LogP contribution in [0.3, 0.4) is 0 Å². The molecule has 110 valence electrons. The van der Waals surface area contributed by atoms with Gasteiger partial charge in [-0.1, -0.05) is 29.3 Å². The largest absolute Gasteiger partial charge is 0.493 e. The molecule has 0 N–H and O–H groups in total. The number of rotatable bonds is 5. The van der Waals surface area contributed by atoms with Crippen molar-refractivity contribution in [3.8, 4) is 11.5 Å². The van der Waals surface area contributed by atoms with Gasteiger partial charge in [0.15, 0.2) is 17.8 Å². The van der Waals surface area contributed by atoms with Crippen LogP contribution in [0, 0.1) is 5.82 Å². The van der Waals surface area contributed by atoms with E-state index in [1.807, 2.05) is 0 Å². The zero-order chi connectivity index (χ0) is 15.4.